The van der Waals surface area contributed by atoms with Crippen molar-refractivity contribution in [2.45, 2.75) is 25.8 Å². The van der Waals surface area contributed by atoms with Crippen LogP contribution >= 0.6 is 0 Å². The van der Waals surface area contributed by atoms with Gasteiger partial charge in [-0.3, -0.25) is 4.79 Å². The van der Waals surface area contributed by atoms with Crippen LogP contribution in [0.15, 0.2) is 41.3 Å². The quantitative estimate of drug-likeness (QED) is 0.936. The Labute approximate surface area is 123 Å². The van der Waals surface area contributed by atoms with Crippen molar-refractivity contribution in [1.82, 2.24) is 9.78 Å². The van der Waals surface area contributed by atoms with E-state index in [0.29, 0.717) is 13.2 Å². The molecule has 2 aromatic rings. The van der Waals surface area contributed by atoms with Crippen molar-refractivity contribution in [3.8, 4) is 5.75 Å². The van der Waals surface area contributed by atoms with Gasteiger partial charge in [-0.25, -0.2) is 4.68 Å². The first-order valence-electron chi connectivity index (χ1n) is 7.30. The first-order valence-corrected chi connectivity index (χ1v) is 7.30. The van der Waals surface area contributed by atoms with Gasteiger partial charge in [-0.1, -0.05) is 18.2 Å². The number of hydrogen-bond donors (Lipinski definition) is 1. The van der Waals surface area contributed by atoms with E-state index in [1.807, 2.05) is 25.1 Å². The van der Waals surface area contributed by atoms with Crippen molar-refractivity contribution < 1.29 is 4.74 Å². The fourth-order valence-electron chi connectivity index (χ4n) is 2.69. The Hall–Kier alpha value is -2.30. The second-order valence-corrected chi connectivity index (χ2v) is 5.17. The maximum Gasteiger partial charge on any atom is 0.268 e. The molecule has 1 aromatic carbocycles. The van der Waals surface area contributed by atoms with Crippen LogP contribution < -0.4 is 15.6 Å². The molecule has 0 radical (unpaired) electrons. The standard InChI is InChI=1S/C16H19N3O2/c1-2-17-13-9-16(20)19(18-10-13)11-12-7-8-21-15-6-4-3-5-14(12)15/h3-6,9-10,12,17H,2,7-8,11H2,1H3. The average Bonchev–Trinajstić information content (AvgIpc) is 2.51. The predicted octanol–water partition coefficient (Wildman–Crippen LogP) is 2.24. The lowest BCUT2D eigenvalue weighted by Gasteiger charge is -2.25. The summed E-state index contributed by atoms with van der Waals surface area (Å²) < 4.78 is 7.19. The normalized spacial score (nSPS) is 16.9. The van der Waals surface area contributed by atoms with Gasteiger partial charge in [0.05, 0.1) is 25.0 Å². The van der Waals surface area contributed by atoms with Gasteiger partial charge in [0, 0.05) is 18.5 Å². The zero-order chi connectivity index (χ0) is 14.7. The van der Waals surface area contributed by atoms with Crippen molar-refractivity contribution in [1.29, 1.82) is 0 Å². The number of nitrogens with one attached hydrogen (secondary N) is 1. The first-order chi connectivity index (χ1) is 10.3. The van der Waals surface area contributed by atoms with Gasteiger partial charge in [-0.15, -0.1) is 0 Å². The maximum absolute atomic E-state index is 12.1. The minimum absolute atomic E-state index is 0.0718. The summed E-state index contributed by atoms with van der Waals surface area (Å²) in [5, 5.41) is 7.36. The number of anilines is 1. The Kier molecular flexibility index (Phi) is 3.90. The summed E-state index contributed by atoms with van der Waals surface area (Å²) in [7, 11) is 0. The van der Waals surface area contributed by atoms with E-state index in [2.05, 4.69) is 16.5 Å². The Morgan fingerprint density at radius 2 is 2.29 bits per heavy atom. The van der Waals surface area contributed by atoms with E-state index in [1.54, 1.807) is 12.3 Å². The van der Waals surface area contributed by atoms with E-state index in [4.69, 9.17) is 4.74 Å². The van der Waals surface area contributed by atoms with Crippen molar-refractivity contribution in [3.05, 3.63) is 52.4 Å². The molecule has 1 aliphatic rings. The SMILES string of the molecule is CCNc1cnn(CC2CCOc3ccccc32)c(=O)c1. The summed E-state index contributed by atoms with van der Waals surface area (Å²) in [6, 6.07) is 9.62. The molecule has 0 aliphatic carbocycles. The van der Waals surface area contributed by atoms with E-state index in [1.165, 1.54) is 4.68 Å². The summed E-state index contributed by atoms with van der Waals surface area (Å²) in [6.45, 7) is 4.04. The summed E-state index contributed by atoms with van der Waals surface area (Å²) in [5.74, 6) is 1.19. The molecule has 21 heavy (non-hydrogen) atoms. The molecule has 5 nitrogen and oxygen atoms in total. The van der Waals surface area contributed by atoms with E-state index < -0.39 is 0 Å². The van der Waals surface area contributed by atoms with Crippen molar-refractivity contribution in [2.75, 3.05) is 18.5 Å². The van der Waals surface area contributed by atoms with E-state index in [9.17, 15) is 4.79 Å². The lowest BCUT2D eigenvalue weighted by Crippen LogP contribution is -2.27. The average molecular weight is 285 g/mol. The van der Waals surface area contributed by atoms with Gasteiger partial charge in [0.25, 0.3) is 5.56 Å². The minimum atomic E-state index is -0.0718. The highest BCUT2D eigenvalue weighted by Gasteiger charge is 2.22. The second-order valence-electron chi connectivity index (χ2n) is 5.17. The highest BCUT2D eigenvalue weighted by Crippen LogP contribution is 2.33. The molecule has 5 heteroatoms. The van der Waals surface area contributed by atoms with Crippen molar-refractivity contribution in [2.24, 2.45) is 0 Å². The van der Waals surface area contributed by atoms with Gasteiger partial charge in [0.2, 0.25) is 0 Å². The summed E-state index contributed by atoms with van der Waals surface area (Å²) in [5.41, 5.74) is 1.86. The molecule has 0 spiro atoms. The number of rotatable bonds is 4. The van der Waals surface area contributed by atoms with Gasteiger partial charge in [-0.05, 0) is 25.0 Å². The van der Waals surface area contributed by atoms with Crippen LogP contribution in [-0.2, 0) is 6.54 Å². The fraction of sp³-hybridized carbons (Fsp3) is 0.375. The molecule has 1 N–H and O–H groups in total. The van der Waals surface area contributed by atoms with E-state index in [0.717, 1.165) is 30.0 Å². The topological polar surface area (TPSA) is 56.1 Å². The number of hydrogen-bond acceptors (Lipinski definition) is 4. The van der Waals surface area contributed by atoms with Crippen LogP contribution in [0.25, 0.3) is 0 Å². The molecule has 0 saturated carbocycles. The molecule has 3 rings (SSSR count). The lowest BCUT2D eigenvalue weighted by atomic mass is 9.93. The molecule has 1 aromatic heterocycles. The van der Waals surface area contributed by atoms with Crippen molar-refractivity contribution >= 4 is 5.69 Å². The largest absolute Gasteiger partial charge is 0.493 e. The molecule has 0 bridgehead atoms. The minimum Gasteiger partial charge on any atom is -0.493 e. The second kappa shape index (κ2) is 5.99. The van der Waals surface area contributed by atoms with Gasteiger partial charge in [0.1, 0.15) is 5.75 Å². The number of para-hydroxylation sites is 1. The Morgan fingerprint density at radius 3 is 3.10 bits per heavy atom. The predicted molar refractivity (Wildman–Crippen MR) is 82.0 cm³/mol. The molecule has 2 heterocycles. The summed E-state index contributed by atoms with van der Waals surface area (Å²) in [4.78, 5) is 12.1. The van der Waals surface area contributed by atoms with Gasteiger partial charge in [0.15, 0.2) is 0 Å². The van der Waals surface area contributed by atoms with E-state index >= 15 is 0 Å². The highest BCUT2D eigenvalue weighted by molar-refractivity contribution is 5.39. The molecule has 1 atom stereocenters. The Bertz CT molecular complexity index is 681. The maximum atomic E-state index is 12.1. The van der Waals surface area contributed by atoms with Crippen LogP contribution in [0.3, 0.4) is 0 Å². The molecule has 0 amide bonds. The smallest absolute Gasteiger partial charge is 0.268 e. The van der Waals surface area contributed by atoms with Gasteiger partial charge in [-0.2, -0.15) is 5.10 Å². The summed E-state index contributed by atoms with van der Waals surface area (Å²) in [6.07, 6.45) is 2.61. The monoisotopic (exact) mass is 285 g/mol. The first kappa shape index (κ1) is 13.7. The summed E-state index contributed by atoms with van der Waals surface area (Å²) >= 11 is 0. The van der Waals surface area contributed by atoms with Crippen LogP contribution in [0.1, 0.15) is 24.8 Å². The van der Waals surface area contributed by atoms with Crippen LogP contribution in [0, 0.1) is 0 Å². The zero-order valence-corrected chi connectivity index (χ0v) is 12.1. The Balaban J connectivity index is 1.83. The third kappa shape index (κ3) is 2.91. The van der Waals surface area contributed by atoms with E-state index in [-0.39, 0.29) is 11.5 Å². The fourth-order valence-corrected chi connectivity index (χ4v) is 2.69. The molecule has 1 unspecified atom stereocenters. The Morgan fingerprint density at radius 1 is 1.43 bits per heavy atom. The van der Waals surface area contributed by atoms with Gasteiger partial charge >= 0.3 is 0 Å². The third-order valence-corrected chi connectivity index (χ3v) is 3.73. The number of fused-ring (bicyclic) bond motifs is 1. The molecular formula is C16H19N3O2. The van der Waals surface area contributed by atoms with Crippen LogP contribution in [0.4, 0.5) is 5.69 Å². The number of ether oxygens (including phenoxy) is 1. The van der Waals surface area contributed by atoms with Crippen LogP contribution in [0.5, 0.6) is 5.75 Å². The lowest BCUT2D eigenvalue weighted by molar-refractivity contribution is 0.255. The van der Waals surface area contributed by atoms with Crippen molar-refractivity contribution in [3.63, 3.8) is 0 Å². The molecule has 0 saturated heterocycles. The molecule has 110 valence electrons. The highest BCUT2D eigenvalue weighted by atomic mass is 16.5. The third-order valence-electron chi connectivity index (χ3n) is 3.73. The van der Waals surface area contributed by atoms with Gasteiger partial charge < -0.3 is 10.1 Å². The van der Waals surface area contributed by atoms with Crippen LogP contribution in [0.2, 0.25) is 0 Å². The zero-order valence-electron chi connectivity index (χ0n) is 12.1. The number of benzene rings is 1. The molecular weight excluding hydrogens is 266 g/mol. The number of nitrogens with zero attached hydrogens (tertiary/aromatic N) is 2. The molecule has 0 fully saturated rings. The van der Waals surface area contributed by atoms with Crippen LogP contribution in [-0.4, -0.2) is 22.9 Å². The number of aromatic nitrogens is 2. The molecule has 1 aliphatic heterocycles.